The van der Waals surface area contributed by atoms with Crippen molar-refractivity contribution >= 4 is 46.8 Å². The summed E-state index contributed by atoms with van der Waals surface area (Å²) in [5, 5.41) is 16.7. The molecule has 2 aromatic rings. The number of aliphatic hydroxyl groups is 1. The molecule has 2 aromatic carbocycles. The first-order valence-corrected chi connectivity index (χ1v) is 14.4. The molecular formula is C29H34ClN3O4S. The van der Waals surface area contributed by atoms with E-state index in [9.17, 15) is 19.5 Å². The van der Waals surface area contributed by atoms with Crippen molar-refractivity contribution in [1.29, 1.82) is 0 Å². The quantitative estimate of drug-likeness (QED) is 0.458. The monoisotopic (exact) mass is 555 g/mol. The van der Waals surface area contributed by atoms with Crippen molar-refractivity contribution in [3.05, 3.63) is 65.2 Å². The van der Waals surface area contributed by atoms with Crippen LogP contribution in [0.1, 0.15) is 32.8 Å². The lowest BCUT2D eigenvalue weighted by Crippen LogP contribution is -2.58. The van der Waals surface area contributed by atoms with Crippen LogP contribution in [0.15, 0.2) is 54.6 Å². The van der Waals surface area contributed by atoms with Crippen molar-refractivity contribution in [2.24, 2.45) is 23.7 Å². The zero-order valence-corrected chi connectivity index (χ0v) is 23.3. The Hall–Kier alpha value is -2.55. The molecule has 3 amide bonds. The Bertz CT molecular complexity index is 1230. The molecule has 3 heterocycles. The first-order valence-electron chi connectivity index (χ1n) is 13.2. The van der Waals surface area contributed by atoms with E-state index in [1.54, 1.807) is 40.9 Å². The lowest BCUT2D eigenvalue weighted by atomic mass is 9.66. The fourth-order valence-corrected chi connectivity index (χ4v) is 9.29. The largest absolute Gasteiger partial charge is 0.394 e. The van der Waals surface area contributed by atoms with Crippen LogP contribution in [0.25, 0.3) is 0 Å². The molecule has 3 saturated heterocycles. The summed E-state index contributed by atoms with van der Waals surface area (Å²) in [6, 6.07) is 15.3. The number of benzene rings is 2. The fraction of sp³-hybridized carbons (Fsp3) is 0.483. The average Bonchev–Trinajstić information content (AvgIpc) is 3.49. The van der Waals surface area contributed by atoms with Crippen LogP contribution in [0.4, 0.5) is 5.69 Å². The molecule has 5 rings (SSSR count). The number of rotatable bonds is 8. The van der Waals surface area contributed by atoms with E-state index in [0.29, 0.717) is 17.3 Å². The second-order valence-electron chi connectivity index (χ2n) is 11.0. The fourth-order valence-electron chi connectivity index (χ4n) is 6.70. The molecule has 38 heavy (non-hydrogen) atoms. The third-order valence-electron chi connectivity index (χ3n) is 8.49. The number of halogens is 1. The van der Waals surface area contributed by atoms with Gasteiger partial charge in [0, 0.05) is 11.8 Å². The van der Waals surface area contributed by atoms with E-state index in [2.05, 4.69) is 17.6 Å². The van der Waals surface area contributed by atoms with E-state index >= 15 is 0 Å². The third-order valence-corrected chi connectivity index (χ3v) is 10.9. The van der Waals surface area contributed by atoms with Crippen molar-refractivity contribution in [2.75, 3.05) is 11.9 Å². The molecule has 2 bridgehead atoms. The normalized spacial score (nSPS) is 30.4. The molecule has 0 aromatic heterocycles. The number of hydrogen-bond acceptors (Lipinski definition) is 5. The van der Waals surface area contributed by atoms with Crippen LogP contribution in [0.5, 0.6) is 0 Å². The number of likely N-dealkylation sites (tertiary alicyclic amines) is 1. The predicted octanol–water partition coefficient (Wildman–Crippen LogP) is 3.95. The molecule has 202 valence electrons. The summed E-state index contributed by atoms with van der Waals surface area (Å²) < 4.78 is -0.774. The minimum atomic E-state index is -0.840. The second-order valence-corrected chi connectivity index (χ2v) is 12.9. The van der Waals surface area contributed by atoms with E-state index in [4.69, 9.17) is 11.6 Å². The smallest absolute Gasteiger partial charge is 0.248 e. The Morgan fingerprint density at radius 3 is 2.47 bits per heavy atom. The third kappa shape index (κ3) is 4.31. The summed E-state index contributed by atoms with van der Waals surface area (Å²) in [4.78, 5) is 43.5. The molecule has 3 unspecified atom stereocenters. The van der Waals surface area contributed by atoms with Gasteiger partial charge in [0.2, 0.25) is 17.7 Å². The number of carbonyl (C=O) groups excluding carboxylic acids is 3. The van der Waals surface area contributed by atoms with Crippen molar-refractivity contribution in [3.63, 3.8) is 0 Å². The van der Waals surface area contributed by atoms with E-state index < -0.39 is 28.7 Å². The van der Waals surface area contributed by atoms with Gasteiger partial charge in [0.1, 0.15) is 6.04 Å². The van der Waals surface area contributed by atoms with Gasteiger partial charge in [-0.15, -0.1) is 11.8 Å². The molecule has 0 aliphatic carbocycles. The van der Waals surface area contributed by atoms with Gasteiger partial charge < -0.3 is 20.6 Å². The molecule has 9 heteroatoms. The number of thioether (sulfide) groups is 1. The van der Waals surface area contributed by atoms with Crippen molar-refractivity contribution in [3.8, 4) is 0 Å². The first-order chi connectivity index (χ1) is 18.2. The highest BCUT2D eigenvalue weighted by atomic mass is 35.5. The number of nitrogens with one attached hydrogen (secondary N) is 2. The predicted molar refractivity (Wildman–Crippen MR) is 150 cm³/mol. The van der Waals surface area contributed by atoms with Crippen LogP contribution in [0, 0.1) is 23.7 Å². The first kappa shape index (κ1) is 27.0. The number of anilines is 1. The van der Waals surface area contributed by atoms with Gasteiger partial charge in [0.25, 0.3) is 0 Å². The van der Waals surface area contributed by atoms with Crippen LogP contribution >= 0.6 is 23.4 Å². The van der Waals surface area contributed by atoms with E-state index in [0.717, 1.165) is 12.0 Å². The summed E-state index contributed by atoms with van der Waals surface area (Å²) in [5.41, 5.74) is 1.45. The van der Waals surface area contributed by atoms with Crippen molar-refractivity contribution < 1.29 is 19.5 Å². The van der Waals surface area contributed by atoms with Crippen molar-refractivity contribution in [1.82, 2.24) is 10.2 Å². The highest BCUT2D eigenvalue weighted by Gasteiger charge is 2.76. The van der Waals surface area contributed by atoms with Crippen LogP contribution in [-0.2, 0) is 20.9 Å². The highest BCUT2D eigenvalue weighted by molar-refractivity contribution is 8.02. The number of para-hydroxylation sites is 1. The summed E-state index contributed by atoms with van der Waals surface area (Å²) in [5.74, 6) is -1.96. The number of fused-ring (bicyclic) bond motifs is 1. The van der Waals surface area contributed by atoms with Crippen LogP contribution < -0.4 is 10.6 Å². The molecule has 3 aliphatic rings. The maximum atomic E-state index is 14.3. The SMILES string of the molecule is CC(C)[C@H](CO)N1C(=O)[C@@H]2[C@@H](C(=O)NCc3ccccc3)[C@H]3CC(C)C2(S3)C1C(=O)Nc1ccccc1Cl. The topological polar surface area (TPSA) is 98.7 Å². The summed E-state index contributed by atoms with van der Waals surface area (Å²) in [6.07, 6.45) is 0.743. The van der Waals surface area contributed by atoms with Gasteiger partial charge >= 0.3 is 0 Å². The van der Waals surface area contributed by atoms with Gasteiger partial charge in [-0.3, -0.25) is 14.4 Å². The molecule has 1 spiro atoms. The van der Waals surface area contributed by atoms with Gasteiger partial charge in [0.05, 0.1) is 39.9 Å². The number of nitrogens with zero attached hydrogens (tertiary/aromatic N) is 1. The maximum absolute atomic E-state index is 14.3. The zero-order valence-electron chi connectivity index (χ0n) is 21.8. The molecule has 3 N–H and O–H groups in total. The van der Waals surface area contributed by atoms with Gasteiger partial charge in [-0.2, -0.15) is 0 Å². The Labute approximate surface area is 232 Å². The molecule has 7 nitrogen and oxygen atoms in total. The van der Waals surface area contributed by atoms with E-state index in [1.807, 2.05) is 44.2 Å². The van der Waals surface area contributed by atoms with Crippen LogP contribution in [-0.4, -0.2) is 56.4 Å². The van der Waals surface area contributed by atoms with Gasteiger partial charge in [0.15, 0.2) is 0 Å². The summed E-state index contributed by atoms with van der Waals surface area (Å²) >= 11 is 7.97. The standard InChI is InChI=1S/C29H34ClN3O4S/c1-16(2)21(15-34)33-25(27(36)32-20-12-8-7-11-19(20)30)29-17(3)13-22(38-29)23(24(29)28(33)37)26(35)31-14-18-9-5-4-6-10-18/h4-12,16-17,21-25,34H,13-15H2,1-3H3,(H,31,35)(H,32,36)/t17?,21-,22+,23-,24-,25?,29?/m0/s1. The van der Waals surface area contributed by atoms with Crippen molar-refractivity contribution in [2.45, 2.75) is 55.8 Å². The number of aliphatic hydroxyl groups excluding tert-OH is 1. The number of amides is 3. The van der Waals surface area contributed by atoms with Crippen LogP contribution in [0.2, 0.25) is 5.02 Å². The molecule has 7 atom stereocenters. The maximum Gasteiger partial charge on any atom is 0.248 e. The number of hydrogen-bond donors (Lipinski definition) is 3. The van der Waals surface area contributed by atoms with Gasteiger partial charge in [-0.1, -0.05) is 74.8 Å². The molecule has 3 fully saturated rings. The van der Waals surface area contributed by atoms with Crippen LogP contribution in [0.3, 0.4) is 0 Å². The Balaban J connectivity index is 1.51. The average molecular weight is 556 g/mol. The lowest BCUT2D eigenvalue weighted by Gasteiger charge is -2.40. The lowest BCUT2D eigenvalue weighted by molar-refractivity contribution is -0.143. The zero-order chi connectivity index (χ0) is 27.2. The molecule has 0 saturated carbocycles. The minimum absolute atomic E-state index is 0.0307. The van der Waals surface area contributed by atoms with E-state index in [1.165, 1.54) is 0 Å². The van der Waals surface area contributed by atoms with Gasteiger partial charge in [-0.25, -0.2) is 0 Å². The molecular weight excluding hydrogens is 522 g/mol. The molecule has 3 aliphatic heterocycles. The van der Waals surface area contributed by atoms with Gasteiger partial charge in [-0.05, 0) is 36.0 Å². The second kappa shape index (κ2) is 10.5. The number of carbonyl (C=O) groups is 3. The molecule has 0 radical (unpaired) electrons. The minimum Gasteiger partial charge on any atom is -0.394 e. The Morgan fingerprint density at radius 1 is 1.13 bits per heavy atom. The van der Waals surface area contributed by atoms with E-state index in [-0.39, 0.29) is 41.4 Å². The highest BCUT2D eigenvalue weighted by Crippen LogP contribution is 2.69. The Kier molecular flexibility index (Phi) is 7.50. The summed E-state index contributed by atoms with van der Waals surface area (Å²) in [6.45, 7) is 6.05. The summed E-state index contributed by atoms with van der Waals surface area (Å²) in [7, 11) is 0. The Morgan fingerprint density at radius 2 is 1.82 bits per heavy atom.